The largest absolute Gasteiger partial charge is 3.00 e. The third-order valence-corrected chi connectivity index (χ3v) is 6.50. The van der Waals surface area contributed by atoms with Gasteiger partial charge in [0.1, 0.15) is 10.2 Å². The molecule has 2 atom stereocenters. The van der Waals surface area contributed by atoms with Gasteiger partial charge in [-0.3, -0.25) is 0 Å². The topological polar surface area (TPSA) is 75.3 Å². The van der Waals surface area contributed by atoms with E-state index in [1.165, 1.54) is 9.87 Å². The number of nitrogens with one attached hydrogen (secondary N) is 1. The SMILES string of the molecule is CN(CCCc1ccccc1)S(=O)(=O)[N-][C@@H](c1ccccc1)[C@@H]([NH-])c1ccccc1.[CH3-].[Ru+3]. The first-order chi connectivity index (χ1) is 14.5. The summed E-state index contributed by atoms with van der Waals surface area (Å²) in [4.78, 5) is 0. The summed E-state index contributed by atoms with van der Waals surface area (Å²) in [5.74, 6) is 0. The van der Waals surface area contributed by atoms with Gasteiger partial charge in [0.25, 0.3) is 0 Å². The van der Waals surface area contributed by atoms with Crippen molar-refractivity contribution in [1.29, 1.82) is 0 Å². The molecule has 0 spiro atoms. The Balaban J connectivity index is 0.00000256. The summed E-state index contributed by atoms with van der Waals surface area (Å²) in [6.07, 6.45) is 1.50. The van der Waals surface area contributed by atoms with Crippen LogP contribution < -0.4 is 0 Å². The Kier molecular flexibility index (Phi) is 12.0. The summed E-state index contributed by atoms with van der Waals surface area (Å²) in [5, 5.41) is 0. The molecule has 1 radical (unpaired) electrons. The van der Waals surface area contributed by atoms with E-state index in [1.54, 1.807) is 7.05 Å². The summed E-state index contributed by atoms with van der Waals surface area (Å²) in [6.45, 7) is 0.371. The van der Waals surface area contributed by atoms with Gasteiger partial charge < -0.3 is 17.9 Å². The van der Waals surface area contributed by atoms with Gasteiger partial charge in [0.05, 0.1) is 0 Å². The molecule has 0 aliphatic heterocycles. The monoisotopic (exact) mass is 538 g/mol. The van der Waals surface area contributed by atoms with Crippen molar-refractivity contribution in [2.45, 2.75) is 24.9 Å². The maximum Gasteiger partial charge on any atom is 3.00 e. The van der Waals surface area contributed by atoms with Gasteiger partial charge in [-0.05, 0) is 18.4 Å². The molecule has 3 aromatic carbocycles. The van der Waals surface area contributed by atoms with Crippen LogP contribution in [0.4, 0.5) is 0 Å². The van der Waals surface area contributed by atoms with Crippen molar-refractivity contribution in [3.8, 4) is 0 Å². The van der Waals surface area contributed by atoms with Crippen LogP contribution in [0.3, 0.4) is 0 Å². The molecule has 0 unspecified atom stereocenters. The summed E-state index contributed by atoms with van der Waals surface area (Å²) in [6, 6.07) is 26.8. The zero-order chi connectivity index (χ0) is 21.4. The third kappa shape index (κ3) is 7.91. The number of benzene rings is 3. The second kappa shape index (κ2) is 13.6. The van der Waals surface area contributed by atoms with E-state index in [0.717, 1.165) is 12.0 Å². The van der Waals surface area contributed by atoms with Crippen molar-refractivity contribution in [2.75, 3.05) is 13.6 Å². The second-order valence-corrected chi connectivity index (χ2v) is 8.97. The number of aryl methyl sites for hydroxylation is 1. The molecule has 0 saturated carbocycles. The second-order valence-electron chi connectivity index (χ2n) is 7.24. The fraction of sp³-hybridized carbons (Fsp3) is 0.240. The zero-order valence-corrected chi connectivity index (χ0v) is 21.0. The van der Waals surface area contributed by atoms with E-state index >= 15 is 0 Å². The number of hydrogen-bond acceptors (Lipinski definition) is 2. The normalized spacial score (nSPS) is 13.0. The Hall–Kier alpha value is -1.89. The number of nitrogens with zero attached hydrogens (tertiary/aromatic N) is 2. The van der Waals surface area contributed by atoms with Crippen molar-refractivity contribution < 1.29 is 27.9 Å². The molecule has 32 heavy (non-hydrogen) atoms. The van der Waals surface area contributed by atoms with Crippen molar-refractivity contribution in [3.05, 3.63) is 126 Å². The van der Waals surface area contributed by atoms with Crippen LogP contribution in [0.1, 0.15) is 35.2 Å². The van der Waals surface area contributed by atoms with Gasteiger partial charge in [0.2, 0.25) is 0 Å². The van der Waals surface area contributed by atoms with Crippen LogP contribution in [-0.2, 0) is 36.1 Å². The van der Waals surface area contributed by atoms with Crippen LogP contribution in [0.25, 0.3) is 10.5 Å². The Bertz CT molecular complexity index is 1000. The summed E-state index contributed by atoms with van der Waals surface area (Å²) < 4.78 is 31.4. The quantitative estimate of drug-likeness (QED) is 0.230. The minimum Gasteiger partial charge on any atom is -0.672 e. The number of hydrogen-bond donors (Lipinski definition) is 0. The third-order valence-electron chi connectivity index (χ3n) is 5.04. The van der Waals surface area contributed by atoms with Crippen molar-refractivity contribution >= 4 is 10.2 Å². The van der Waals surface area contributed by atoms with E-state index in [2.05, 4.69) is 4.72 Å². The van der Waals surface area contributed by atoms with Crippen molar-refractivity contribution in [2.24, 2.45) is 0 Å². The minimum atomic E-state index is -3.88. The average molecular weight is 538 g/mol. The van der Waals surface area contributed by atoms with Crippen LogP contribution in [0, 0.1) is 7.43 Å². The molecule has 0 aliphatic carbocycles. The van der Waals surface area contributed by atoms with Crippen LogP contribution in [0.5, 0.6) is 0 Å². The molecule has 0 heterocycles. The Morgan fingerprint density at radius 1 is 0.844 bits per heavy atom. The van der Waals surface area contributed by atoms with Crippen LogP contribution in [0.15, 0.2) is 91.0 Å². The van der Waals surface area contributed by atoms with Gasteiger partial charge >= 0.3 is 19.5 Å². The molecule has 3 rings (SSSR count). The van der Waals surface area contributed by atoms with Gasteiger partial charge in [-0.25, -0.2) is 12.7 Å². The molecule has 3 aromatic rings. The molecule has 0 saturated heterocycles. The Morgan fingerprint density at radius 2 is 1.31 bits per heavy atom. The summed E-state index contributed by atoms with van der Waals surface area (Å²) >= 11 is 0. The fourth-order valence-corrected chi connectivity index (χ4v) is 4.35. The first-order valence-electron chi connectivity index (χ1n) is 10.0. The van der Waals surface area contributed by atoms with Gasteiger partial charge in [-0.1, -0.05) is 102 Å². The zero-order valence-electron chi connectivity index (χ0n) is 18.4. The molecule has 0 fully saturated rings. The summed E-state index contributed by atoms with van der Waals surface area (Å²) in [7, 11) is -2.33. The van der Waals surface area contributed by atoms with Crippen LogP contribution in [0.2, 0.25) is 0 Å². The molecular formula is C25H30N3O2RuS. The average Bonchev–Trinajstić information content (AvgIpc) is 2.79. The fourth-order valence-electron chi connectivity index (χ4n) is 3.30. The van der Waals surface area contributed by atoms with Gasteiger partial charge in [-0.2, -0.15) is 0 Å². The Morgan fingerprint density at radius 3 is 1.84 bits per heavy atom. The van der Waals surface area contributed by atoms with Crippen LogP contribution >= 0.6 is 0 Å². The predicted octanol–water partition coefficient (Wildman–Crippen LogP) is 6.15. The standard InChI is InChI=1S/C24H27N3O2S.CH3.Ru/c1-27(19-11-14-20-12-5-2-6-13-20)30(28,29)26-24(22-17-9-4-10-18-22)23(25)21-15-7-3-8-16-21;;/h2-10,12-13,15-18,23-25H,11,14,19H2,1H3;1H3;/q-2;-1;+3/t23-,24-;;/m0../s1. The smallest absolute Gasteiger partial charge is 0.672 e. The van der Waals surface area contributed by atoms with E-state index in [-0.39, 0.29) is 26.9 Å². The van der Waals surface area contributed by atoms with Crippen LogP contribution in [-0.4, -0.2) is 26.3 Å². The molecule has 0 aliphatic rings. The maximum absolute atomic E-state index is 13.0. The number of rotatable bonds is 10. The molecule has 171 valence electrons. The first-order valence-corrected chi connectivity index (χ1v) is 11.4. The minimum absolute atomic E-state index is 0. The van der Waals surface area contributed by atoms with E-state index in [1.807, 2.05) is 91.0 Å². The molecule has 0 bridgehead atoms. The summed E-state index contributed by atoms with van der Waals surface area (Å²) in [5.41, 5.74) is 11.3. The predicted molar refractivity (Wildman–Crippen MR) is 129 cm³/mol. The molecule has 5 nitrogen and oxygen atoms in total. The molecular weight excluding hydrogens is 507 g/mol. The van der Waals surface area contributed by atoms with Crippen molar-refractivity contribution in [1.82, 2.24) is 4.31 Å². The van der Waals surface area contributed by atoms with Gasteiger partial charge in [0, 0.05) is 13.6 Å². The molecule has 7 heteroatoms. The molecule has 0 aromatic heterocycles. The molecule has 0 amide bonds. The Labute approximate surface area is 206 Å². The van der Waals surface area contributed by atoms with E-state index < -0.39 is 22.3 Å². The maximum atomic E-state index is 13.0. The van der Waals surface area contributed by atoms with E-state index in [9.17, 15) is 8.42 Å². The van der Waals surface area contributed by atoms with E-state index in [0.29, 0.717) is 18.5 Å². The molecule has 1 N–H and O–H groups in total. The first kappa shape index (κ1) is 28.1. The van der Waals surface area contributed by atoms with Gasteiger partial charge in [0.15, 0.2) is 0 Å². The van der Waals surface area contributed by atoms with Crippen molar-refractivity contribution in [3.63, 3.8) is 0 Å². The van der Waals surface area contributed by atoms with E-state index in [4.69, 9.17) is 5.73 Å². The van der Waals surface area contributed by atoms with Gasteiger partial charge in [-0.15, -0.1) is 12.1 Å².